The van der Waals surface area contributed by atoms with Crippen molar-refractivity contribution in [3.63, 3.8) is 0 Å². The molecule has 240 valence electrons. The first kappa shape index (κ1) is 34.1. The van der Waals surface area contributed by atoms with Crippen LogP contribution in [0.5, 0.6) is 0 Å². The molecule has 0 radical (unpaired) electrons. The van der Waals surface area contributed by atoms with Gasteiger partial charge in [-0.1, -0.05) is 12.8 Å². The van der Waals surface area contributed by atoms with Crippen LogP contribution in [0.15, 0.2) is 0 Å². The standard InChI is InChI=1S/2C7H12O4.2C6H12N4/c2*8-6(9)4-2-1-3-5-7(10)11;2*1-7-2-9-4-8(1)5-10(3-7)6-9/h2*1-5H2,(H,8,9)(H,10,11);2*1-6H2. The largest absolute Gasteiger partial charge is 0.481 e. The third kappa shape index (κ3) is 13.2. The third-order valence-corrected chi connectivity index (χ3v) is 7.36. The van der Waals surface area contributed by atoms with Crippen molar-refractivity contribution < 1.29 is 39.6 Å². The Labute approximate surface area is 247 Å². The van der Waals surface area contributed by atoms with E-state index >= 15 is 0 Å². The molecule has 0 saturated carbocycles. The molecule has 8 bridgehead atoms. The summed E-state index contributed by atoms with van der Waals surface area (Å²) in [5.41, 5.74) is 0. The van der Waals surface area contributed by atoms with Crippen molar-refractivity contribution in [3.05, 3.63) is 0 Å². The highest BCUT2D eigenvalue weighted by Gasteiger charge is 2.37. The molecule has 8 aliphatic rings. The number of rotatable bonds is 12. The molecule has 0 aliphatic carbocycles. The second kappa shape index (κ2) is 17.6. The summed E-state index contributed by atoms with van der Waals surface area (Å²) >= 11 is 0. The number of hydrogen-bond donors (Lipinski definition) is 4. The van der Waals surface area contributed by atoms with Crippen LogP contribution in [-0.4, -0.2) is 164 Å². The molecule has 0 aromatic heterocycles. The van der Waals surface area contributed by atoms with Gasteiger partial charge in [0.05, 0.1) is 80.0 Å². The molecule has 0 aromatic rings. The minimum Gasteiger partial charge on any atom is -0.481 e. The van der Waals surface area contributed by atoms with Crippen molar-refractivity contribution in [3.8, 4) is 0 Å². The zero-order valence-electron chi connectivity index (χ0n) is 24.6. The molecule has 8 saturated heterocycles. The number of unbranched alkanes of at least 4 members (excludes halogenated alkanes) is 4. The molecule has 0 atom stereocenters. The molecule has 0 unspecified atom stereocenters. The van der Waals surface area contributed by atoms with Gasteiger partial charge in [0, 0.05) is 25.7 Å². The molecule has 42 heavy (non-hydrogen) atoms. The van der Waals surface area contributed by atoms with Gasteiger partial charge in [0.1, 0.15) is 0 Å². The molecule has 0 aromatic carbocycles. The molecule has 16 heteroatoms. The Morgan fingerprint density at radius 3 is 0.571 bits per heavy atom. The van der Waals surface area contributed by atoms with E-state index in [2.05, 4.69) is 39.2 Å². The maximum Gasteiger partial charge on any atom is 0.303 e. The van der Waals surface area contributed by atoms with E-state index in [0.717, 1.165) is 0 Å². The molecule has 16 nitrogen and oxygen atoms in total. The van der Waals surface area contributed by atoms with Crippen LogP contribution >= 0.6 is 0 Å². The van der Waals surface area contributed by atoms with Crippen molar-refractivity contribution in [1.82, 2.24) is 39.2 Å². The first-order valence-corrected chi connectivity index (χ1v) is 14.7. The lowest BCUT2D eigenvalue weighted by molar-refractivity contribution is -0.194. The Kier molecular flexibility index (Phi) is 14.3. The summed E-state index contributed by atoms with van der Waals surface area (Å²) in [7, 11) is 0. The van der Waals surface area contributed by atoms with Crippen LogP contribution in [0, 0.1) is 0 Å². The lowest BCUT2D eigenvalue weighted by Gasteiger charge is -2.56. The quantitative estimate of drug-likeness (QED) is 0.223. The normalized spacial score (nSPS) is 32.4. The van der Waals surface area contributed by atoms with Gasteiger partial charge in [-0.2, -0.15) is 0 Å². The molecule has 0 spiro atoms. The fraction of sp³-hybridized carbons (Fsp3) is 0.846. The van der Waals surface area contributed by atoms with Crippen LogP contribution in [0.2, 0.25) is 0 Å². The first-order chi connectivity index (χ1) is 20.0. The van der Waals surface area contributed by atoms with E-state index in [1.165, 1.54) is 80.0 Å². The molecular weight excluding hydrogens is 552 g/mol. The van der Waals surface area contributed by atoms with Gasteiger partial charge < -0.3 is 20.4 Å². The van der Waals surface area contributed by atoms with E-state index in [4.69, 9.17) is 20.4 Å². The fourth-order valence-corrected chi connectivity index (χ4v) is 5.93. The van der Waals surface area contributed by atoms with Crippen LogP contribution < -0.4 is 0 Å². The Bertz CT molecular complexity index is 679. The van der Waals surface area contributed by atoms with Gasteiger partial charge >= 0.3 is 23.9 Å². The van der Waals surface area contributed by atoms with Gasteiger partial charge in [-0.25, -0.2) is 0 Å². The zero-order valence-corrected chi connectivity index (χ0v) is 24.6. The second-order valence-corrected chi connectivity index (χ2v) is 11.8. The molecule has 8 fully saturated rings. The highest BCUT2D eigenvalue weighted by atomic mass is 16.4. The monoisotopic (exact) mass is 600 g/mol. The molecular formula is C26H48N8O8. The second-order valence-electron chi connectivity index (χ2n) is 11.8. The SMILES string of the molecule is C1N2CN3CN1CN(C2)C3.C1N2CN3CN1CN(C2)C3.O=C(O)CCCCCC(=O)O.O=C(O)CCCCCC(=O)O. The van der Waals surface area contributed by atoms with Crippen LogP contribution in [0.4, 0.5) is 0 Å². The molecule has 4 N–H and O–H groups in total. The minimum atomic E-state index is -0.819. The average molecular weight is 601 g/mol. The number of carbonyl (C=O) groups is 4. The highest BCUT2D eigenvalue weighted by Crippen LogP contribution is 2.21. The Morgan fingerprint density at radius 1 is 0.310 bits per heavy atom. The maximum absolute atomic E-state index is 9.98. The van der Waals surface area contributed by atoms with E-state index in [-0.39, 0.29) is 25.7 Å². The smallest absolute Gasteiger partial charge is 0.303 e. The van der Waals surface area contributed by atoms with Crippen LogP contribution in [-0.2, 0) is 19.2 Å². The summed E-state index contributed by atoms with van der Waals surface area (Å²) in [5.74, 6) is -3.28. The van der Waals surface area contributed by atoms with Gasteiger partial charge in [0.2, 0.25) is 0 Å². The third-order valence-electron chi connectivity index (χ3n) is 7.36. The number of carboxylic acids is 4. The van der Waals surface area contributed by atoms with E-state index in [0.29, 0.717) is 38.5 Å². The van der Waals surface area contributed by atoms with Crippen LogP contribution in [0.1, 0.15) is 64.2 Å². The van der Waals surface area contributed by atoms with Crippen LogP contribution in [0.25, 0.3) is 0 Å². The number of hydrogen-bond acceptors (Lipinski definition) is 12. The summed E-state index contributed by atoms with van der Waals surface area (Å²) in [4.78, 5) is 59.7. The van der Waals surface area contributed by atoms with E-state index in [9.17, 15) is 19.2 Å². The number of carboxylic acid groups (broad SMARTS) is 4. The molecule has 8 rings (SSSR count). The number of nitrogens with zero attached hydrogens (tertiary/aromatic N) is 8. The van der Waals surface area contributed by atoms with E-state index in [1.807, 2.05) is 0 Å². The van der Waals surface area contributed by atoms with Crippen molar-refractivity contribution in [2.75, 3.05) is 80.0 Å². The first-order valence-electron chi connectivity index (χ1n) is 14.7. The van der Waals surface area contributed by atoms with Crippen molar-refractivity contribution in [2.45, 2.75) is 64.2 Å². The van der Waals surface area contributed by atoms with Gasteiger partial charge in [-0.05, 0) is 25.7 Å². The lowest BCUT2D eigenvalue weighted by Crippen LogP contribution is -2.71. The topological polar surface area (TPSA) is 175 Å². The summed E-state index contributed by atoms with van der Waals surface area (Å²) in [6, 6.07) is 0. The maximum atomic E-state index is 9.98. The summed E-state index contributed by atoms with van der Waals surface area (Å²) in [6.07, 6.45) is 4.20. The van der Waals surface area contributed by atoms with Crippen LogP contribution in [0.3, 0.4) is 0 Å². The zero-order chi connectivity index (χ0) is 30.5. The molecule has 8 heterocycles. The summed E-state index contributed by atoms with van der Waals surface area (Å²) < 4.78 is 0. The average Bonchev–Trinajstić information content (AvgIpc) is 2.87. The predicted molar refractivity (Wildman–Crippen MR) is 150 cm³/mol. The van der Waals surface area contributed by atoms with Gasteiger partial charge in [0.15, 0.2) is 0 Å². The Balaban J connectivity index is 0.000000153. The van der Waals surface area contributed by atoms with Gasteiger partial charge in [-0.15, -0.1) is 0 Å². The van der Waals surface area contributed by atoms with Gasteiger partial charge in [0.25, 0.3) is 0 Å². The van der Waals surface area contributed by atoms with Crippen molar-refractivity contribution in [2.24, 2.45) is 0 Å². The van der Waals surface area contributed by atoms with Crippen molar-refractivity contribution >= 4 is 23.9 Å². The molecule has 8 aliphatic heterocycles. The summed E-state index contributed by atoms with van der Waals surface area (Å²) in [6.45, 7) is 14.2. The lowest BCUT2D eigenvalue weighted by atomic mass is 10.1. The summed E-state index contributed by atoms with van der Waals surface area (Å²) in [5, 5.41) is 32.8. The highest BCUT2D eigenvalue weighted by molar-refractivity contribution is 5.67. The predicted octanol–water partition coefficient (Wildman–Crippen LogP) is 0.173. The van der Waals surface area contributed by atoms with E-state index < -0.39 is 23.9 Å². The Hall–Kier alpha value is -2.44. The Morgan fingerprint density at radius 2 is 0.452 bits per heavy atom. The number of aliphatic carboxylic acids is 4. The van der Waals surface area contributed by atoms with Crippen molar-refractivity contribution in [1.29, 1.82) is 0 Å². The van der Waals surface area contributed by atoms with Gasteiger partial charge in [-0.3, -0.25) is 58.4 Å². The van der Waals surface area contributed by atoms with E-state index in [1.54, 1.807) is 0 Å². The fourth-order valence-electron chi connectivity index (χ4n) is 5.93. The minimum absolute atomic E-state index is 0.139. The molecule has 0 amide bonds.